The van der Waals surface area contributed by atoms with Gasteiger partial charge in [0.1, 0.15) is 18.1 Å². The fourth-order valence-electron chi connectivity index (χ4n) is 2.83. The van der Waals surface area contributed by atoms with Crippen molar-refractivity contribution < 1.29 is 33.9 Å². The molecule has 5 amide bonds. The molecule has 0 spiro atoms. The van der Waals surface area contributed by atoms with E-state index in [9.17, 15) is 33.9 Å². The number of carboxylic acid groups (broad SMARTS) is 1. The summed E-state index contributed by atoms with van der Waals surface area (Å²) in [4.78, 5) is 72.0. The van der Waals surface area contributed by atoms with Crippen molar-refractivity contribution >= 4 is 47.3 Å². The van der Waals surface area contributed by atoms with Crippen LogP contribution in [0.2, 0.25) is 0 Å². The van der Waals surface area contributed by atoms with E-state index in [-0.39, 0.29) is 12.8 Å². The molecule has 0 radical (unpaired) electrons. The molecule has 0 aliphatic heterocycles. The molecule has 0 aliphatic rings. The Morgan fingerprint density at radius 1 is 0.882 bits per heavy atom. The first-order valence-corrected chi connectivity index (χ1v) is 12.2. The number of hydrogen-bond acceptors (Lipinski definition) is 8. The van der Waals surface area contributed by atoms with Crippen LogP contribution in [0.5, 0.6) is 0 Å². The first-order chi connectivity index (χ1) is 15.8. The molecule has 0 fully saturated rings. The molecule has 0 heterocycles. The second-order valence-electron chi connectivity index (χ2n) is 7.90. The molecule has 10 N–H and O–H groups in total. The van der Waals surface area contributed by atoms with Crippen LogP contribution in [0.4, 0.5) is 0 Å². The lowest BCUT2D eigenvalue weighted by Crippen LogP contribution is -2.59. The minimum Gasteiger partial charge on any atom is -0.480 e. The van der Waals surface area contributed by atoms with Gasteiger partial charge in [-0.3, -0.25) is 24.0 Å². The number of thioether (sulfide) groups is 1. The Hall–Kier alpha value is -2.87. The summed E-state index contributed by atoms with van der Waals surface area (Å²) in [5.74, 6) is -5.11. The van der Waals surface area contributed by atoms with Crippen molar-refractivity contribution in [3.63, 3.8) is 0 Å². The minimum absolute atomic E-state index is 0.230. The van der Waals surface area contributed by atoms with Crippen LogP contribution in [-0.2, 0) is 28.8 Å². The molecule has 0 aliphatic carbocycles. The Bertz CT molecular complexity index is 751. The van der Waals surface area contributed by atoms with E-state index in [1.54, 1.807) is 13.8 Å². The van der Waals surface area contributed by atoms with Crippen molar-refractivity contribution in [2.24, 2.45) is 23.1 Å². The fourth-order valence-corrected chi connectivity index (χ4v) is 3.32. The Balaban J connectivity index is 5.53. The summed E-state index contributed by atoms with van der Waals surface area (Å²) in [7, 11) is 0. The van der Waals surface area contributed by atoms with Gasteiger partial charge in [-0.25, -0.2) is 4.79 Å². The van der Waals surface area contributed by atoms with Gasteiger partial charge in [0.25, 0.3) is 0 Å². The van der Waals surface area contributed by atoms with Crippen LogP contribution in [0.1, 0.15) is 46.0 Å². The number of nitrogens with one attached hydrogen (secondary N) is 3. The second-order valence-corrected chi connectivity index (χ2v) is 8.88. The number of carbonyl (C=O) groups excluding carboxylic acids is 5. The monoisotopic (exact) mass is 504 g/mol. The SMILES string of the molecule is CCC(C)C(NC(=O)C(CC(N)=O)NC(=O)C(N)CCSC)C(=O)NC(CCC(N)=O)C(=O)O. The van der Waals surface area contributed by atoms with Gasteiger partial charge in [-0.2, -0.15) is 11.8 Å². The van der Waals surface area contributed by atoms with Crippen molar-refractivity contribution in [3.05, 3.63) is 0 Å². The zero-order valence-electron chi connectivity index (χ0n) is 19.7. The van der Waals surface area contributed by atoms with Crippen LogP contribution >= 0.6 is 11.8 Å². The largest absolute Gasteiger partial charge is 0.480 e. The maximum atomic E-state index is 12.9. The van der Waals surface area contributed by atoms with Gasteiger partial charge in [-0.05, 0) is 30.8 Å². The highest BCUT2D eigenvalue weighted by atomic mass is 32.2. The lowest BCUT2D eigenvalue weighted by Gasteiger charge is -2.27. The van der Waals surface area contributed by atoms with E-state index in [4.69, 9.17) is 17.2 Å². The molecule has 0 rings (SSSR count). The number of carboxylic acids is 1. The summed E-state index contributed by atoms with van der Waals surface area (Å²) in [6.45, 7) is 3.41. The van der Waals surface area contributed by atoms with Crippen molar-refractivity contribution in [2.45, 2.75) is 70.1 Å². The second kappa shape index (κ2) is 15.9. The summed E-state index contributed by atoms with van der Waals surface area (Å²) in [6, 6.07) is -4.88. The molecule has 0 aromatic rings. The Kier molecular flexibility index (Phi) is 14.5. The third-order valence-corrected chi connectivity index (χ3v) is 5.74. The van der Waals surface area contributed by atoms with Crippen LogP contribution in [0.3, 0.4) is 0 Å². The van der Waals surface area contributed by atoms with Gasteiger partial charge in [-0.1, -0.05) is 20.3 Å². The molecule has 0 saturated carbocycles. The van der Waals surface area contributed by atoms with Gasteiger partial charge < -0.3 is 38.3 Å². The number of primary amides is 2. The first-order valence-electron chi connectivity index (χ1n) is 10.8. The molecule has 0 aromatic heterocycles. The third kappa shape index (κ3) is 11.8. The highest BCUT2D eigenvalue weighted by molar-refractivity contribution is 7.98. The van der Waals surface area contributed by atoms with Gasteiger partial charge in [0, 0.05) is 6.42 Å². The minimum atomic E-state index is -1.40. The normalized spacial score (nSPS) is 15.2. The van der Waals surface area contributed by atoms with Gasteiger partial charge in [0.05, 0.1) is 12.5 Å². The summed E-state index contributed by atoms with van der Waals surface area (Å²) in [6.07, 6.45) is 1.60. The predicted molar refractivity (Wildman–Crippen MR) is 126 cm³/mol. The van der Waals surface area contributed by atoms with Gasteiger partial charge in [-0.15, -0.1) is 0 Å². The Morgan fingerprint density at radius 3 is 1.94 bits per heavy atom. The van der Waals surface area contributed by atoms with Crippen molar-refractivity contribution in [3.8, 4) is 0 Å². The molecule has 5 atom stereocenters. The van der Waals surface area contributed by atoms with Crippen molar-refractivity contribution in [1.82, 2.24) is 16.0 Å². The Morgan fingerprint density at radius 2 is 1.47 bits per heavy atom. The van der Waals surface area contributed by atoms with E-state index in [2.05, 4.69) is 16.0 Å². The molecule has 34 heavy (non-hydrogen) atoms. The number of aliphatic carboxylic acids is 1. The van der Waals surface area contributed by atoms with Gasteiger partial charge >= 0.3 is 5.97 Å². The number of amides is 5. The molecule has 0 aromatic carbocycles. The van der Waals surface area contributed by atoms with E-state index < -0.39 is 72.0 Å². The van der Waals surface area contributed by atoms with Crippen LogP contribution in [0.15, 0.2) is 0 Å². The van der Waals surface area contributed by atoms with E-state index >= 15 is 0 Å². The molecule has 13 nitrogen and oxygen atoms in total. The lowest BCUT2D eigenvalue weighted by atomic mass is 9.97. The maximum absolute atomic E-state index is 12.9. The molecule has 194 valence electrons. The topological polar surface area (TPSA) is 237 Å². The van der Waals surface area contributed by atoms with Gasteiger partial charge in [0.2, 0.25) is 29.5 Å². The van der Waals surface area contributed by atoms with E-state index in [0.717, 1.165) is 0 Å². The maximum Gasteiger partial charge on any atom is 0.326 e. The highest BCUT2D eigenvalue weighted by Gasteiger charge is 2.33. The van der Waals surface area contributed by atoms with Crippen molar-refractivity contribution in [1.29, 1.82) is 0 Å². The first kappa shape index (κ1) is 31.1. The van der Waals surface area contributed by atoms with Crippen molar-refractivity contribution in [2.75, 3.05) is 12.0 Å². The molecule has 14 heteroatoms. The summed E-state index contributed by atoms with van der Waals surface area (Å²) >= 11 is 1.49. The number of carbonyl (C=O) groups is 6. The van der Waals surface area contributed by atoms with Crippen LogP contribution in [-0.4, -0.2) is 76.8 Å². The van der Waals surface area contributed by atoms with E-state index in [1.165, 1.54) is 11.8 Å². The molecular weight excluding hydrogens is 468 g/mol. The number of hydrogen-bond donors (Lipinski definition) is 7. The summed E-state index contributed by atoms with van der Waals surface area (Å²) in [5, 5.41) is 16.5. The molecule has 0 bridgehead atoms. The fraction of sp³-hybridized carbons (Fsp3) is 0.700. The summed E-state index contributed by atoms with van der Waals surface area (Å²) < 4.78 is 0. The van der Waals surface area contributed by atoms with E-state index in [0.29, 0.717) is 18.6 Å². The van der Waals surface area contributed by atoms with Gasteiger partial charge in [0.15, 0.2) is 0 Å². The molecule has 5 unspecified atom stereocenters. The standard InChI is InChI=1S/C20H36N6O7S/c1-4-10(2)16(19(31)24-12(20(32)33)5-6-14(22)27)26-18(30)13(9-15(23)28)25-17(29)11(21)7-8-34-3/h10-13,16H,4-9,21H2,1-3H3,(H2,22,27)(H2,23,28)(H,24,31)(H,25,29)(H,26,30)(H,32,33). The highest BCUT2D eigenvalue weighted by Crippen LogP contribution is 2.10. The number of rotatable bonds is 17. The molecule has 0 saturated heterocycles. The van der Waals surface area contributed by atoms with Crippen LogP contribution in [0.25, 0.3) is 0 Å². The summed E-state index contributed by atoms with van der Waals surface area (Å²) in [5.41, 5.74) is 16.1. The zero-order chi connectivity index (χ0) is 26.4. The quantitative estimate of drug-likeness (QED) is 0.113. The lowest BCUT2D eigenvalue weighted by molar-refractivity contribution is -0.143. The zero-order valence-corrected chi connectivity index (χ0v) is 20.5. The van der Waals surface area contributed by atoms with E-state index in [1.807, 2.05) is 6.26 Å². The average Bonchev–Trinajstić information content (AvgIpc) is 2.76. The third-order valence-electron chi connectivity index (χ3n) is 5.10. The smallest absolute Gasteiger partial charge is 0.326 e. The van der Waals surface area contributed by atoms with Crippen LogP contribution in [0, 0.1) is 5.92 Å². The Labute approximate surface area is 202 Å². The molecular formula is C20H36N6O7S. The van der Waals surface area contributed by atoms with Crippen LogP contribution < -0.4 is 33.2 Å². The predicted octanol–water partition coefficient (Wildman–Crippen LogP) is -2.21. The number of nitrogens with two attached hydrogens (primary N) is 3. The average molecular weight is 505 g/mol.